The summed E-state index contributed by atoms with van der Waals surface area (Å²) in [5, 5.41) is 15.8. The average Bonchev–Trinajstić information content (AvgIpc) is 1.54. The van der Waals surface area contributed by atoms with Crippen LogP contribution in [0.1, 0.15) is 140 Å². The number of rotatable bonds is 38. The summed E-state index contributed by atoms with van der Waals surface area (Å²) in [6.45, 7) is 29.3. The highest BCUT2D eigenvalue weighted by molar-refractivity contribution is 7.48. The SMILES string of the molecule is CC[C@H]1O[C@@H](c2snc3c(NC(=O)c4ccccc4)ncnc23)C[C@@H]1O.[C-]#[N+]CCOP(=O)(OC[C@@]12CO[C@@H]([C@H](n3cnc4c(=O)[nH]c(N=CN(C)C)nc43)O1)[C@@H]2C)O[C@H]1C[C@H](c2snc3c(NC(=O)c4ccccc4)ncnc23)O[C@@H]1COC(c1ccccc1)(c1ccc(OC)cc1)c1ccc(OC)cc1.[C-]#[N+]CCOP(OC[C@@]12CO[C@@H]([C@H](n3cnc4c(=O)[nH]c(N=CN(C)C)nc43)O1)[C@@H]2C)N(C(C)C)C(C)C. The van der Waals surface area contributed by atoms with E-state index in [9.17, 15) is 24.3 Å². The van der Waals surface area contributed by atoms with Crippen LogP contribution in [0.5, 0.6) is 11.5 Å². The standard InChI is InChI=1S/C56H56N11O12PS.C24H37N8O5P.C18H18N4O3S/c1-34-47-53(67-33-60-46-50(67)63-54(64-52(46)69)61-32-66(3)4)78-55(34,29-73-47)30-76-80(70,75-26-25-57-2)79-41-27-42(48-44-45(65-81-48)49(59-31-58-44)62-51(68)35-13-9-7-10-14-35)77-43(41)28-74-56(36-15-11-8-12-16-36,37-17-21-39(71-5)22-18-37)38-19-23-40(72-6)24-20-38;1-15(2)32(16(3)4)38(35-10-9-25-6)36-12-24-11-34-19(17(24)5)22(37-24)31-14-26-18-20(31)28-23(29-21(18)33)27-13-30(7)8;1-2-12-11(23)8-13(25-12)16-14-15(22-26-16)17(20-9-19-14)21-18(24)10-6-4-3-5-7-10/h7-24,31-34,41-43,47,53H,25-30H2,1,3-6H3,(H,63,64,69)(H,58,59,62,68);13-17,19,22H,9-12H2,1-5,7-8H3,(H,28,29,33);3-7,9,11-13,23H,2,8H2,1H3,(H,19,20,21,24)/t34-,41-,42+,43+,47+,53+,55+,80?;17-,19+,22+,24+,38?;11-,12+,13+/m000/s1. The Morgan fingerprint density at radius 1 is 0.614 bits per heavy atom. The molecule has 43 nitrogen and oxygen atoms in total. The van der Waals surface area contributed by atoms with Gasteiger partial charge in [0.1, 0.15) is 101 Å². The highest BCUT2D eigenvalue weighted by Gasteiger charge is 2.63. The molecule has 13 aromatic rings. The molecule has 2 unspecified atom stereocenters. The quantitative estimate of drug-likeness (QED) is 0.00599. The number of hydrogen-bond donors (Lipinski definition) is 5. The number of benzene rings is 5. The molecule has 0 radical (unpaired) electrons. The molecule has 14 heterocycles. The van der Waals surface area contributed by atoms with Crippen molar-refractivity contribution in [2.45, 2.75) is 158 Å². The Labute approximate surface area is 843 Å². The number of phosphoric ester groups is 1. The first-order chi connectivity index (χ1) is 70.1. The van der Waals surface area contributed by atoms with E-state index in [2.05, 4.69) is 124 Å². The van der Waals surface area contributed by atoms with Gasteiger partial charge in [0.25, 0.3) is 31.5 Å². The summed E-state index contributed by atoms with van der Waals surface area (Å²) in [6.07, 6.45) is 4.21. The van der Waals surface area contributed by atoms with Gasteiger partial charge in [-0.3, -0.25) is 51.9 Å². The van der Waals surface area contributed by atoms with Crippen LogP contribution < -0.4 is 31.2 Å². The molecule has 760 valence electrons. The Hall–Kier alpha value is -12.7. The summed E-state index contributed by atoms with van der Waals surface area (Å²) in [6, 6.07) is 43.0. The second-order valence-corrected chi connectivity index (χ2v) is 40.8. The number of nitrogens with one attached hydrogen (secondary N) is 4. The lowest BCUT2D eigenvalue weighted by Gasteiger charge is -2.38. The van der Waals surface area contributed by atoms with Crippen molar-refractivity contribution in [2.24, 2.45) is 21.8 Å². The fraction of sp³-hybridized carbons (Fsp3) is 0.429. The van der Waals surface area contributed by atoms with Gasteiger partial charge in [-0.15, -0.1) is 0 Å². The van der Waals surface area contributed by atoms with E-state index in [1.54, 1.807) is 108 Å². The minimum absolute atomic E-state index is 0.00446. The van der Waals surface area contributed by atoms with E-state index in [-0.39, 0.29) is 147 Å². The van der Waals surface area contributed by atoms with Crippen LogP contribution in [0, 0.1) is 25.0 Å². The Bertz CT molecular complexity index is 6980. The molecule has 6 fully saturated rings. The lowest BCUT2D eigenvalue weighted by molar-refractivity contribution is -0.183. The van der Waals surface area contributed by atoms with E-state index in [1.165, 1.54) is 36.9 Å². The predicted molar refractivity (Wildman–Crippen MR) is 540 cm³/mol. The molecular formula is C98H111N23O20P2S2. The van der Waals surface area contributed by atoms with E-state index in [0.717, 1.165) is 39.5 Å². The summed E-state index contributed by atoms with van der Waals surface area (Å²) in [5.41, 5.74) is 2.01. The van der Waals surface area contributed by atoms with E-state index >= 15 is 4.57 Å². The first-order valence-corrected chi connectivity index (χ1v) is 51.2. The Morgan fingerprint density at radius 3 is 1.54 bits per heavy atom. The minimum atomic E-state index is -4.69. The molecule has 19 rings (SSSR count). The third kappa shape index (κ3) is 22.2. The smallest absolute Gasteiger partial charge is 0.475 e. The van der Waals surface area contributed by atoms with Gasteiger partial charge < -0.3 is 86.9 Å². The van der Waals surface area contributed by atoms with Gasteiger partial charge in [-0.1, -0.05) is 112 Å². The third-order valence-electron chi connectivity index (χ3n) is 25.6. The van der Waals surface area contributed by atoms with E-state index in [0.29, 0.717) is 80.7 Å². The molecule has 8 aromatic heterocycles. The first-order valence-electron chi connectivity index (χ1n) is 47.0. The lowest BCUT2D eigenvalue weighted by atomic mass is 9.80. The Morgan fingerprint density at radius 2 is 1.08 bits per heavy atom. The van der Waals surface area contributed by atoms with Crippen LogP contribution in [0.4, 0.5) is 23.5 Å². The number of aliphatic hydroxyl groups excluding tert-OH is 1. The van der Waals surface area contributed by atoms with E-state index < -0.39 is 81.7 Å². The van der Waals surface area contributed by atoms with Gasteiger partial charge in [0.2, 0.25) is 25.0 Å². The van der Waals surface area contributed by atoms with Crippen LogP contribution in [0.3, 0.4) is 0 Å². The highest BCUT2D eigenvalue weighted by atomic mass is 32.1. The van der Waals surface area contributed by atoms with Crippen LogP contribution in [0.25, 0.3) is 54.1 Å². The van der Waals surface area contributed by atoms with Gasteiger partial charge in [-0.05, 0) is 122 Å². The van der Waals surface area contributed by atoms with Gasteiger partial charge in [0, 0.05) is 76.1 Å². The van der Waals surface area contributed by atoms with Gasteiger partial charge in [-0.25, -0.2) is 62.3 Å². The molecule has 145 heavy (non-hydrogen) atoms. The molecule has 0 spiro atoms. The predicted octanol–water partition coefficient (Wildman–Crippen LogP) is 14.2. The van der Waals surface area contributed by atoms with Crippen LogP contribution in [0.2, 0.25) is 0 Å². The minimum Gasteiger partial charge on any atom is -0.497 e. The van der Waals surface area contributed by atoms with Crippen molar-refractivity contribution >= 4 is 132 Å². The second-order valence-electron chi connectivity index (χ2n) is 36.2. The number of fused-ring (bicyclic) bond motifs is 8. The number of H-pyrrole nitrogens is 2. The monoisotopic (exact) mass is 2060 g/mol. The molecule has 5 N–H and O–H groups in total. The number of methoxy groups -OCH3 is 2. The lowest BCUT2D eigenvalue weighted by Crippen LogP contribution is -2.43. The summed E-state index contributed by atoms with van der Waals surface area (Å²) >= 11 is 2.39. The van der Waals surface area contributed by atoms with Gasteiger partial charge in [-0.2, -0.15) is 18.7 Å². The molecule has 16 atom stereocenters. The number of carbonyl (C=O) groups excluding carboxylic acids is 2. The number of nitrogens with zero attached hydrogens (tertiary/aromatic N) is 19. The highest BCUT2D eigenvalue weighted by Crippen LogP contribution is 2.59. The summed E-state index contributed by atoms with van der Waals surface area (Å²) < 4.78 is 119. The van der Waals surface area contributed by atoms with Crippen molar-refractivity contribution in [1.82, 2.24) is 82.2 Å². The zero-order valence-electron chi connectivity index (χ0n) is 81.7. The largest absolute Gasteiger partial charge is 0.497 e. The zero-order chi connectivity index (χ0) is 102. The molecule has 2 amide bonds. The van der Waals surface area contributed by atoms with Crippen LogP contribution in [-0.4, -0.2) is 273 Å². The maximum atomic E-state index is 15.5. The summed E-state index contributed by atoms with van der Waals surface area (Å²) in [4.78, 5) is 112. The van der Waals surface area contributed by atoms with Crippen LogP contribution in [-0.2, 0) is 65.9 Å². The van der Waals surface area contributed by atoms with Gasteiger partial charge >= 0.3 is 7.82 Å². The van der Waals surface area contributed by atoms with E-state index in [4.69, 9.17) is 82.8 Å². The van der Waals surface area contributed by atoms with Crippen molar-refractivity contribution in [1.29, 1.82) is 0 Å². The molecule has 0 aliphatic carbocycles. The number of aromatic nitrogens is 14. The Kier molecular flexibility index (Phi) is 32.6. The topological polar surface area (TPSA) is 472 Å². The molecule has 6 saturated heterocycles. The fourth-order valence-corrected chi connectivity index (χ4v) is 23.0. The fourth-order valence-electron chi connectivity index (χ4n) is 18.2. The third-order valence-corrected chi connectivity index (χ3v) is 31.0. The number of aliphatic hydroxyl groups is 1. The van der Waals surface area contributed by atoms with Crippen LogP contribution >= 0.6 is 39.4 Å². The molecule has 6 aliphatic rings. The van der Waals surface area contributed by atoms with Gasteiger partial charge in [0.15, 0.2) is 46.4 Å². The van der Waals surface area contributed by atoms with Crippen molar-refractivity contribution in [3.63, 3.8) is 0 Å². The number of anilines is 2. The van der Waals surface area contributed by atoms with Gasteiger partial charge in [0.05, 0.1) is 107 Å². The number of phosphoric acid groups is 1. The van der Waals surface area contributed by atoms with E-state index in [1.807, 2.05) is 119 Å². The molecule has 4 bridgehead atoms. The second kappa shape index (κ2) is 45.5. The number of hydrogen-bond acceptors (Lipinski definition) is 35. The number of aliphatic imine (C=N–C) groups is 2. The zero-order valence-corrected chi connectivity index (χ0v) is 85.1. The number of amides is 2. The van der Waals surface area contributed by atoms with Crippen molar-refractivity contribution in [2.75, 3.05) is 112 Å². The van der Waals surface area contributed by atoms with Crippen molar-refractivity contribution < 1.29 is 84.5 Å². The molecule has 0 saturated carbocycles. The van der Waals surface area contributed by atoms with Crippen molar-refractivity contribution in [3.05, 3.63) is 246 Å². The molecule has 6 aliphatic heterocycles. The summed E-state index contributed by atoms with van der Waals surface area (Å²) in [5.74, 6) is 1.10. The molecular weight excluding hydrogens is 1950 g/mol. The summed E-state index contributed by atoms with van der Waals surface area (Å²) in [7, 11) is 4.33. The number of aromatic amines is 2. The maximum absolute atomic E-state index is 15.5. The molecule has 5 aromatic carbocycles. The number of imidazole rings is 2. The number of carbonyl (C=O) groups is 2. The molecule has 47 heteroatoms. The van der Waals surface area contributed by atoms with Crippen molar-refractivity contribution in [3.8, 4) is 11.5 Å². The number of ether oxygens (including phenoxy) is 9. The maximum Gasteiger partial charge on any atom is 0.475 e. The average molecular weight is 2060 g/mol. The normalized spacial score (nSPS) is 23.3. The Balaban J connectivity index is 0.000000183. The first kappa shape index (κ1) is 104. The van der Waals surface area contributed by atoms with Crippen LogP contribution in [0.15, 0.2) is 184 Å².